The van der Waals surface area contributed by atoms with E-state index in [1.165, 1.54) is 0 Å². The van der Waals surface area contributed by atoms with Crippen LogP contribution in [0.2, 0.25) is 0 Å². The summed E-state index contributed by atoms with van der Waals surface area (Å²) < 4.78 is 16.6. The smallest absolute Gasteiger partial charge is 0.274 e. The number of carbonyl (C=O) groups excluding carboxylic acids is 2. The average molecular weight is 398 g/mol. The Balaban J connectivity index is 0.00000261. The fraction of sp³-hybridized carbons (Fsp3) is 0.556. The van der Waals surface area contributed by atoms with Crippen LogP contribution in [0.3, 0.4) is 0 Å². The molecule has 1 aromatic rings. The number of methoxy groups -OCH3 is 1. The summed E-state index contributed by atoms with van der Waals surface area (Å²) in [4.78, 5) is 26.4. The second-order valence-electron chi connectivity index (χ2n) is 6.56. The van der Waals surface area contributed by atoms with Gasteiger partial charge in [-0.05, 0) is 25.0 Å². The minimum absolute atomic E-state index is 0. The van der Waals surface area contributed by atoms with Crippen LogP contribution in [-0.2, 0) is 20.8 Å². The van der Waals surface area contributed by atoms with Gasteiger partial charge in [0.1, 0.15) is 11.9 Å². The van der Waals surface area contributed by atoms with Gasteiger partial charge in [-0.2, -0.15) is 13.5 Å². The van der Waals surface area contributed by atoms with E-state index in [4.69, 9.17) is 19.4 Å². The van der Waals surface area contributed by atoms with Crippen LogP contribution in [0.15, 0.2) is 18.2 Å². The number of hydrogen-bond donors (Lipinski definition) is 2. The summed E-state index contributed by atoms with van der Waals surface area (Å²) >= 11 is 0. The normalized spacial score (nSPS) is 19.9. The van der Waals surface area contributed by atoms with Gasteiger partial charge in [-0.25, -0.2) is 5.48 Å². The van der Waals surface area contributed by atoms with Crippen molar-refractivity contribution in [3.8, 4) is 5.75 Å². The van der Waals surface area contributed by atoms with Gasteiger partial charge in [0.2, 0.25) is 5.91 Å². The van der Waals surface area contributed by atoms with Gasteiger partial charge in [-0.15, -0.1) is 0 Å². The Morgan fingerprint density at radius 2 is 2.07 bits per heavy atom. The van der Waals surface area contributed by atoms with E-state index in [1.54, 1.807) is 35.7 Å². The van der Waals surface area contributed by atoms with Crippen LogP contribution in [0, 0.1) is 5.92 Å². The molecule has 0 aliphatic carbocycles. The molecular weight excluding hydrogens is 372 g/mol. The zero-order valence-electron chi connectivity index (χ0n) is 15.3. The van der Waals surface area contributed by atoms with E-state index < -0.39 is 5.91 Å². The lowest BCUT2D eigenvalue weighted by Crippen LogP contribution is -2.43. The molecule has 8 nitrogen and oxygen atoms in total. The highest BCUT2D eigenvalue weighted by molar-refractivity contribution is 7.59. The summed E-state index contributed by atoms with van der Waals surface area (Å²) in [6, 6.07) is 4.92. The molecule has 1 aromatic carbocycles. The van der Waals surface area contributed by atoms with Crippen molar-refractivity contribution in [2.75, 3.05) is 33.5 Å². The van der Waals surface area contributed by atoms with Gasteiger partial charge < -0.3 is 19.1 Å². The second kappa shape index (κ2) is 9.93. The molecule has 2 aliphatic heterocycles. The van der Waals surface area contributed by atoms with Crippen LogP contribution in [0.25, 0.3) is 0 Å². The van der Waals surface area contributed by atoms with E-state index in [0.717, 1.165) is 18.4 Å². The van der Waals surface area contributed by atoms with Crippen LogP contribution in [0.4, 0.5) is 0 Å². The zero-order valence-corrected chi connectivity index (χ0v) is 16.3. The molecule has 0 spiro atoms. The molecule has 0 aromatic heterocycles. The molecule has 150 valence electrons. The number of amides is 2. The number of benzene rings is 1. The largest absolute Gasteiger partial charge is 0.486 e. The third-order valence-electron chi connectivity index (χ3n) is 4.74. The molecule has 0 saturated carbocycles. The Bertz CT molecular complexity index is 665. The van der Waals surface area contributed by atoms with E-state index in [0.29, 0.717) is 38.7 Å². The van der Waals surface area contributed by atoms with Crippen molar-refractivity contribution in [1.82, 2.24) is 10.4 Å². The Kier molecular flexibility index (Phi) is 7.91. The first-order valence-corrected chi connectivity index (χ1v) is 8.72. The number of rotatable bonds is 4. The molecule has 2 amide bonds. The van der Waals surface area contributed by atoms with Crippen molar-refractivity contribution in [1.29, 1.82) is 0 Å². The summed E-state index contributed by atoms with van der Waals surface area (Å²) in [5.74, 6) is -0.0227. The lowest BCUT2D eigenvalue weighted by atomic mass is 9.98. The van der Waals surface area contributed by atoms with E-state index in [2.05, 4.69) is 0 Å². The Labute approximate surface area is 165 Å². The minimum Gasteiger partial charge on any atom is -0.486 e. The van der Waals surface area contributed by atoms with Crippen LogP contribution in [-0.4, -0.2) is 61.5 Å². The monoisotopic (exact) mass is 398 g/mol. The first kappa shape index (κ1) is 21.5. The van der Waals surface area contributed by atoms with E-state index in [1.807, 2.05) is 0 Å². The highest BCUT2D eigenvalue weighted by Crippen LogP contribution is 2.29. The van der Waals surface area contributed by atoms with Gasteiger partial charge in [0.25, 0.3) is 5.91 Å². The minimum atomic E-state index is -0.612. The Hall–Kier alpha value is -1.81. The highest BCUT2D eigenvalue weighted by atomic mass is 32.1. The molecule has 0 unspecified atom stereocenters. The van der Waals surface area contributed by atoms with Crippen molar-refractivity contribution in [3.63, 3.8) is 0 Å². The maximum Gasteiger partial charge on any atom is 0.274 e. The van der Waals surface area contributed by atoms with Crippen molar-refractivity contribution < 1.29 is 29.0 Å². The number of ether oxygens (including phenoxy) is 3. The highest BCUT2D eigenvalue weighted by Gasteiger charge is 2.31. The summed E-state index contributed by atoms with van der Waals surface area (Å²) in [5.41, 5.74) is 2.72. The van der Waals surface area contributed by atoms with Gasteiger partial charge in [0.15, 0.2) is 0 Å². The standard InChI is InChI=1S/C18H24N2O6.H2S/c1-24-11-15-10-20(18(22)12-4-6-25-7-5-12)9-14-3-2-13(17(21)19-23)8-16(14)26-15;/h2-3,8,12,15,23H,4-7,9-11H2,1H3,(H,19,21);1H2/t15-;/m0./s1. The molecule has 0 bridgehead atoms. The number of hydroxylamine groups is 1. The molecule has 9 heteroatoms. The molecule has 1 saturated heterocycles. The van der Waals surface area contributed by atoms with Crippen LogP contribution in [0.5, 0.6) is 5.75 Å². The first-order valence-electron chi connectivity index (χ1n) is 8.72. The molecule has 1 fully saturated rings. The topological polar surface area (TPSA) is 97.3 Å². The number of hydrogen-bond acceptors (Lipinski definition) is 6. The van der Waals surface area contributed by atoms with Crippen molar-refractivity contribution >= 4 is 25.3 Å². The summed E-state index contributed by atoms with van der Waals surface area (Å²) in [6.45, 7) is 2.37. The van der Waals surface area contributed by atoms with Gasteiger partial charge in [0.05, 0.1) is 13.2 Å². The SMILES string of the molecule is COC[C@@H]1CN(C(=O)C2CCOCC2)Cc2ccc(C(=O)NO)cc2O1.S. The lowest BCUT2D eigenvalue weighted by molar-refractivity contribution is -0.140. The van der Waals surface area contributed by atoms with Crippen LogP contribution < -0.4 is 10.2 Å². The third kappa shape index (κ3) is 5.13. The number of nitrogens with zero attached hydrogens (tertiary/aromatic N) is 1. The van der Waals surface area contributed by atoms with Crippen LogP contribution in [0.1, 0.15) is 28.8 Å². The fourth-order valence-corrected chi connectivity index (χ4v) is 3.38. The quantitative estimate of drug-likeness (QED) is 0.582. The van der Waals surface area contributed by atoms with Crippen molar-refractivity contribution in [2.24, 2.45) is 5.92 Å². The molecule has 0 radical (unpaired) electrons. The summed E-state index contributed by atoms with van der Waals surface area (Å²) in [6.07, 6.45) is 1.12. The third-order valence-corrected chi connectivity index (χ3v) is 4.74. The molecular formula is C18H26N2O6S. The molecule has 2 aliphatic rings. The van der Waals surface area contributed by atoms with E-state index >= 15 is 0 Å². The van der Waals surface area contributed by atoms with Crippen LogP contribution >= 0.6 is 13.5 Å². The summed E-state index contributed by atoms with van der Waals surface area (Å²) in [5, 5.41) is 8.82. The predicted octanol–water partition coefficient (Wildman–Crippen LogP) is 1.08. The number of carbonyl (C=O) groups is 2. The Morgan fingerprint density at radius 3 is 2.74 bits per heavy atom. The van der Waals surface area contributed by atoms with Crippen molar-refractivity contribution in [2.45, 2.75) is 25.5 Å². The Morgan fingerprint density at radius 1 is 1.33 bits per heavy atom. The molecule has 2 N–H and O–H groups in total. The van der Waals surface area contributed by atoms with Gasteiger partial charge >= 0.3 is 0 Å². The van der Waals surface area contributed by atoms with Gasteiger partial charge in [-0.1, -0.05) is 6.07 Å². The zero-order chi connectivity index (χ0) is 18.5. The summed E-state index contributed by atoms with van der Waals surface area (Å²) in [7, 11) is 1.58. The average Bonchev–Trinajstić information content (AvgIpc) is 2.86. The van der Waals surface area contributed by atoms with Gasteiger partial charge in [-0.3, -0.25) is 14.8 Å². The number of nitrogens with one attached hydrogen (secondary N) is 1. The predicted molar refractivity (Wildman–Crippen MR) is 101 cm³/mol. The fourth-order valence-electron chi connectivity index (χ4n) is 3.38. The lowest BCUT2D eigenvalue weighted by Gasteiger charge is -2.29. The number of fused-ring (bicyclic) bond motifs is 1. The molecule has 1 atom stereocenters. The molecule has 27 heavy (non-hydrogen) atoms. The van der Waals surface area contributed by atoms with Crippen molar-refractivity contribution in [3.05, 3.63) is 29.3 Å². The molecule has 3 rings (SSSR count). The maximum absolute atomic E-state index is 13.0. The molecule has 2 heterocycles. The first-order chi connectivity index (χ1) is 12.6. The maximum atomic E-state index is 13.0. The van der Waals surface area contributed by atoms with E-state index in [9.17, 15) is 9.59 Å². The second-order valence-corrected chi connectivity index (χ2v) is 6.56. The van der Waals surface area contributed by atoms with E-state index in [-0.39, 0.29) is 37.0 Å². The van der Waals surface area contributed by atoms with Gasteiger partial charge in [0, 0.05) is 43.9 Å².